The lowest BCUT2D eigenvalue weighted by atomic mass is 10.2. The van der Waals surface area contributed by atoms with Crippen molar-refractivity contribution in [2.45, 2.75) is 18.0 Å². The van der Waals surface area contributed by atoms with Crippen LogP contribution in [0.4, 0.5) is 13.2 Å². The highest BCUT2D eigenvalue weighted by Crippen LogP contribution is 2.29. The van der Waals surface area contributed by atoms with Crippen LogP contribution in [0.2, 0.25) is 5.15 Å². The van der Waals surface area contributed by atoms with Crippen LogP contribution in [0, 0.1) is 0 Å². The molecule has 0 saturated heterocycles. The van der Waals surface area contributed by atoms with Gasteiger partial charge in [0.05, 0.1) is 16.3 Å². The molecule has 0 fully saturated rings. The number of rotatable bonds is 3. The smallest absolute Gasteiger partial charge is 0.235 e. The average Bonchev–Trinajstić information content (AvgIpc) is 2.98. The summed E-state index contributed by atoms with van der Waals surface area (Å²) >= 11 is 5.83. The van der Waals surface area contributed by atoms with Gasteiger partial charge in [0.15, 0.2) is 9.84 Å². The highest BCUT2D eigenvalue weighted by atomic mass is 35.5. The molecule has 12 heteroatoms. The molecule has 0 N–H and O–H groups in total. The van der Waals surface area contributed by atoms with E-state index >= 15 is 0 Å². The third kappa shape index (κ3) is 3.29. The van der Waals surface area contributed by atoms with Gasteiger partial charge in [-0.2, -0.15) is 18.2 Å². The summed E-state index contributed by atoms with van der Waals surface area (Å²) in [4.78, 5) is 10.9. The van der Waals surface area contributed by atoms with Gasteiger partial charge < -0.3 is 0 Å². The van der Waals surface area contributed by atoms with Crippen LogP contribution >= 0.6 is 11.6 Å². The van der Waals surface area contributed by atoms with Crippen molar-refractivity contribution in [3.05, 3.63) is 35.5 Å². The molecule has 0 aliphatic heterocycles. The Morgan fingerprint density at radius 3 is 2.60 bits per heavy atom. The SMILES string of the molecule is CCS(=O)(=O)c1ccc(Cl)nc1-c1cnc2nc(C(F)(F)F)nn2c1. The molecule has 3 aromatic heterocycles. The zero-order valence-corrected chi connectivity index (χ0v) is 14.1. The van der Waals surface area contributed by atoms with E-state index in [0.717, 1.165) is 16.9 Å². The Hall–Kier alpha value is -2.27. The van der Waals surface area contributed by atoms with Gasteiger partial charge in [0.2, 0.25) is 0 Å². The molecule has 25 heavy (non-hydrogen) atoms. The summed E-state index contributed by atoms with van der Waals surface area (Å²) in [6.07, 6.45) is -2.39. The van der Waals surface area contributed by atoms with Crippen LogP contribution in [0.15, 0.2) is 29.4 Å². The first-order valence-corrected chi connectivity index (χ1v) is 8.84. The minimum Gasteiger partial charge on any atom is -0.235 e. The Balaban J connectivity index is 2.22. The van der Waals surface area contributed by atoms with Gasteiger partial charge in [-0.1, -0.05) is 18.5 Å². The fraction of sp³-hybridized carbons (Fsp3) is 0.231. The second kappa shape index (κ2) is 5.92. The fourth-order valence-corrected chi connectivity index (χ4v) is 3.25. The lowest BCUT2D eigenvalue weighted by molar-refractivity contribution is -0.144. The molecular formula is C13H9ClF3N5O2S. The van der Waals surface area contributed by atoms with Crippen molar-refractivity contribution in [1.82, 2.24) is 24.6 Å². The Morgan fingerprint density at radius 1 is 1.24 bits per heavy atom. The maximum Gasteiger partial charge on any atom is 0.453 e. The Labute approximate surface area is 144 Å². The summed E-state index contributed by atoms with van der Waals surface area (Å²) < 4.78 is 63.3. The molecule has 132 valence electrons. The van der Waals surface area contributed by atoms with Gasteiger partial charge >= 0.3 is 6.18 Å². The van der Waals surface area contributed by atoms with Crippen LogP contribution < -0.4 is 0 Å². The quantitative estimate of drug-likeness (QED) is 0.637. The van der Waals surface area contributed by atoms with E-state index in [2.05, 4.69) is 20.1 Å². The number of hydrogen-bond donors (Lipinski definition) is 0. The average molecular weight is 392 g/mol. The van der Waals surface area contributed by atoms with Crippen molar-refractivity contribution < 1.29 is 21.6 Å². The summed E-state index contributed by atoms with van der Waals surface area (Å²) in [6, 6.07) is 2.60. The van der Waals surface area contributed by atoms with Gasteiger partial charge in [-0.25, -0.2) is 22.9 Å². The van der Waals surface area contributed by atoms with Crippen molar-refractivity contribution in [1.29, 1.82) is 0 Å². The third-order valence-corrected chi connectivity index (χ3v) is 5.23. The van der Waals surface area contributed by atoms with Gasteiger partial charge in [-0.05, 0) is 12.1 Å². The van der Waals surface area contributed by atoms with Crippen LogP contribution in [0.1, 0.15) is 12.7 Å². The highest BCUT2D eigenvalue weighted by molar-refractivity contribution is 7.91. The van der Waals surface area contributed by atoms with Crippen molar-refractivity contribution in [3.8, 4) is 11.3 Å². The molecule has 0 bridgehead atoms. The largest absolute Gasteiger partial charge is 0.453 e. The summed E-state index contributed by atoms with van der Waals surface area (Å²) in [6.45, 7) is 1.46. The molecule has 0 spiro atoms. The molecule has 0 radical (unpaired) electrons. The number of halogens is 4. The molecule has 3 rings (SSSR count). The second-order valence-corrected chi connectivity index (χ2v) is 7.54. The second-order valence-electron chi connectivity index (χ2n) is 4.90. The van der Waals surface area contributed by atoms with E-state index in [4.69, 9.17) is 11.6 Å². The van der Waals surface area contributed by atoms with E-state index in [9.17, 15) is 21.6 Å². The van der Waals surface area contributed by atoms with E-state index < -0.39 is 21.8 Å². The molecule has 0 unspecified atom stereocenters. The fourth-order valence-electron chi connectivity index (χ4n) is 2.06. The molecule has 0 amide bonds. The Morgan fingerprint density at radius 2 is 1.96 bits per heavy atom. The maximum absolute atomic E-state index is 12.7. The highest BCUT2D eigenvalue weighted by Gasteiger charge is 2.36. The number of fused-ring (bicyclic) bond motifs is 1. The summed E-state index contributed by atoms with van der Waals surface area (Å²) in [5.74, 6) is -1.81. The van der Waals surface area contributed by atoms with Crippen molar-refractivity contribution in [2.24, 2.45) is 0 Å². The van der Waals surface area contributed by atoms with E-state index in [1.54, 1.807) is 0 Å². The number of aromatic nitrogens is 5. The first-order chi connectivity index (χ1) is 11.6. The van der Waals surface area contributed by atoms with Crippen LogP contribution in [0.3, 0.4) is 0 Å². The molecule has 0 saturated carbocycles. The molecule has 0 aliphatic carbocycles. The minimum absolute atomic E-state index is 0.0205. The van der Waals surface area contributed by atoms with Crippen LogP contribution in [0.25, 0.3) is 17.0 Å². The Kier molecular flexibility index (Phi) is 4.15. The van der Waals surface area contributed by atoms with Crippen LogP contribution in [-0.4, -0.2) is 38.7 Å². The molecule has 0 aromatic carbocycles. The van der Waals surface area contributed by atoms with Gasteiger partial charge in [0, 0.05) is 18.0 Å². The van der Waals surface area contributed by atoms with E-state index in [-0.39, 0.29) is 32.8 Å². The number of pyridine rings is 1. The molecule has 3 aromatic rings. The zero-order chi connectivity index (χ0) is 18.4. The van der Waals surface area contributed by atoms with Crippen molar-refractivity contribution in [3.63, 3.8) is 0 Å². The number of hydrogen-bond acceptors (Lipinski definition) is 6. The van der Waals surface area contributed by atoms with E-state index in [1.807, 2.05) is 0 Å². The topological polar surface area (TPSA) is 90.1 Å². The van der Waals surface area contributed by atoms with E-state index in [1.165, 1.54) is 19.1 Å². The third-order valence-electron chi connectivity index (χ3n) is 3.26. The van der Waals surface area contributed by atoms with Crippen LogP contribution in [-0.2, 0) is 16.0 Å². The van der Waals surface area contributed by atoms with E-state index in [0.29, 0.717) is 0 Å². The zero-order valence-electron chi connectivity index (χ0n) is 12.5. The first-order valence-electron chi connectivity index (χ1n) is 6.81. The number of sulfone groups is 1. The number of nitrogens with zero attached hydrogens (tertiary/aromatic N) is 5. The Bertz CT molecular complexity index is 1070. The van der Waals surface area contributed by atoms with Gasteiger partial charge in [-0.3, -0.25) is 0 Å². The van der Waals surface area contributed by atoms with Crippen molar-refractivity contribution >= 4 is 27.2 Å². The molecular weight excluding hydrogens is 383 g/mol. The minimum atomic E-state index is -4.72. The molecule has 0 aliphatic rings. The lowest BCUT2D eigenvalue weighted by Crippen LogP contribution is -2.08. The predicted octanol–water partition coefficient (Wildman–Crippen LogP) is 2.65. The van der Waals surface area contributed by atoms with Crippen molar-refractivity contribution in [2.75, 3.05) is 5.75 Å². The monoisotopic (exact) mass is 391 g/mol. The first kappa shape index (κ1) is 17.5. The summed E-state index contributed by atoms with van der Waals surface area (Å²) in [5.41, 5.74) is 0.119. The molecule has 7 nitrogen and oxygen atoms in total. The number of alkyl halides is 3. The molecule has 3 heterocycles. The van der Waals surface area contributed by atoms with Crippen LogP contribution in [0.5, 0.6) is 0 Å². The summed E-state index contributed by atoms with van der Waals surface area (Å²) in [7, 11) is -3.64. The maximum atomic E-state index is 12.7. The molecule has 0 atom stereocenters. The van der Waals surface area contributed by atoms with Gasteiger partial charge in [0.1, 0.15) is 5.15 Å². The predicted molar refractivity (Wildman–Crippen MR) is 81.8 cm³/mol. The van der Waals surface area contributed by atoms with Gasteiger partial charge in [-0.15, -0.1) is 5.10 Å². The standard InChI is InChI=1S/C13H9ClF3N5O2S/c1-2-25(23,24)8-3-4-9(14)19-10(8)7-5-18-12-20-11(13(15,16)17)21-22(12)6-7/h3-6H,2H2,1H3. The normalized spacial score (nSPS) is 12.7. The lowest BCUT2D eigenvalue weighted by Gasteiger charge is -2.09. The summed E-state index contributed by atoms with van der Waals surface area (Å²) in [5, 5.41) is 3.34. The van der Waals surface area contributed by atoms with Gasteiger partial charge in [0.25, 0.3) is 11.6 Å².